The second kappa shape index (κ2) is 5.99. The third kappa shape index (κ3) is 4.12. The van der Waals surface area contributed by atoms with Crippen molar-refractivity contribution in [2.24, 2.45) is 0 Å². The molecule has 3 unspecified atom stereocenters. The van der Waals surface area contributed by atoms with Gasteiger partial charge in [0, 0.05) is 20.3 Å². The highest BCUT2D eigenvalue weighted by Gasteiger charge is 2.61. The van der Waals surface area contributed by atoms with Gasteiger partial charge in [-0.3, -0.25) is 9.59 Å². The molecule has 0 bridgehead atoms. The van der Waals surface area contributed by atoms with Crippen LogP contribution in [0.15, 0.2) is 0 Å². The molecular formula is C13H15F3O7. The molecule has 10 heteroatoms. The van der Waals surface area contributed by atoms with Crippen molar-refractivity contribution in [1.82, 2.24) is 0 Å². The Morgan fingerprint density at radius 2 is 1.65 bits per heavy atom. The van der Waals surface area contributed by atoms with E-state index in [1.165, 1.54) is 0 Å². The third-order valence-corrected chi connectivity index (χ3v) is 3.50. The van der Waals surface area contributed by atoms with Crippen molar-refractivity contribution in [2.75, 3.05) is 0 Å². The molecule has 1 heterocycles. The van der Waals surface area contributed by atoms with Gasteiger partial charge >= 0.3 is 24.1 Å². The number of carbonyl (C=O) groups excluding carboxylic acids is 3. The molecule has 0 aromatic carbocycles. The Bertz CT molecular complexity index is 488. The van der Waals surface area contributed by atoms with Crippen LogP contribution in [0.4, 0.5) is 13.2 Å². The molecule has 2 rings (SSSR count). The Kier molecular flexibility index (Phi) is 4.56. The Balaban J connectivity index is 2.06. The lowest BCUT2D eigenvalue weighted by atomic mass is 10.1. The Morgan fingerprint density at radius 1 is 1.09 bits per heavy atom. The molecule has 1 aliphatic heterocycles. The van der Waals surface area contributed by atoms with E-state index in [0.717, 1.165) is 13.8 Å². The van der Waals surface area contributed by atoms with Crippen LogP contribution in [0.2, 0.25) is 0 Å². The molecular weight excluding hydrogens is 325 g/mol. The molecule has 3 atom stereocenters. The van der Waals surface area contributed by atoms with Gasteiger partial charge in [-0.2, -0.15) is 13.2 Å². The van der Waals surface area contributed by atoms with E-state index in [2.05, 4.69) is 4.74 Å². The van der Waals surface area contributed by atoms with Gasteiger partial charge in [0.25, 0.3) is 0 Å². The predicted octanol–water partition coefficient (Wildman–Crippen LogP) is 1.23. The van der Waals surface area contributed by atoms with Gasteiger partial charge in [0.2, 0.25) is 6.29 Å². The van der Waals surface area contributed by atoms with Crippen LogP contribution in [0.25, 0.3) is 0 Å². The maximum atomic E-state index is 12.3. The first kappa shape index (κ1) is 17.5. The number of rotatable bonds is 4. The SMILES string of the molecule is CC(=O)OC1CC(C2(OC(=O)C(F)(F)F)CC2)OC1OC(C)=O. The van der Waals surface area contributed by atoms with Gasteiger partial charge < -0.3 is 18.9 Å². The first-order chi connectivity index (χ1) is 10.5. The topological polar surface area (TPSA) is 88.1 Å². The lowest BCUT2D eigenvalue weighted by molar-refractivity contribution is -0.222. The van der Waals surface area contributed by atoms with Crippen molar-refractivity contribution in [2.45, 2.75) is 63.4 Å². The predicted molar refractivity (Wildman–Crippen MR) is 64.7 cm³/mol. The number of hydrogen-bond acceptors (Lipinski definition) is 7. The van der Waals surface area contributed by atoms with Crippen molar-refractivity contribution >= 4 is 17.9 Å². The zero-order chi connectivity index (χ0) is 17.4. The van der Waals surface area contributed by atoms with Crippen molar-refractivity contribution in [3.05, 3.63) is 0 Å². The quantitative estimate of drug-likeness (QED) is 0.562. The number of esters is 3. The molecule has 0 amide bonds. The molecule has 1 saturated carbocycles. The van der Waals surface area contributed by atoms with Crippen molar-refractivity contribution in [3.63, 3.8) is 0 Å². The molecule has 2 aliphatic rings. The second-order valence-electron chi connectivity index (χ2n) is 5.44. The van der Waals surface area contributed by atoms with Crippen LogP contribution < -0.4 is 0 Å². The van der Waals surface area contributed by atoms with Crippen LogP contribution in [-0.4, -0.2) is 48.2 Å². The molecule has 1 aliphatic carbocycles. The molecule has 0 N–H and O–H groups in total. The number of halogens is 3. The highest BCUT2D eigenvalue weighted by molar-refractivity contribution is 5.76. The third-order valence-electron chi connectivity index (χ3n) is 3.50. The zero-order valence-corrected chi connectivity index (χ0v) is 12.3. The molecule has 0 radical (unpaired) electrons. The van der Waals surface area contributed by atoms with E-state index in [0.29, 0.717) is 0 Å². The van der Waals surface area contributed by atoms with E-state index < -0.39 is 48.2 Å². The van der Waals surface area contributed by atoms with E-state index >= 15 is 0 Å². The van der Waals surface area contributed by atoms with Gasteiger partial charge in [-0.1, -0.05) is 0 Å². The second-order valence-corrected chi connectivity index (χ2v) is 5.44. The smallest absolute Gasteiger partial charge is 0.456 e. The summed E-state index contributed by atoms with van der Waals surface area (Å²) in [7, 11) is 0. The summed E-state index contributed by atoms with van der Waals surface area (Å²) < 4.78 is 56.7. The summed E-state index contributed by atoms with van der Waals surface area (Å²) in [5.74, 6) is -3.67. The van der Waals surface area contributed by atoms with Crippen LogP contribution in [0.1, 0.15) is 33.1 Å². The summed E-state index contributed by atoms with van der Waals surface area (Å²) in [5.41, 5.74) is -1.43. The lowest BCUT2D eigenvalue weighted by Gasteiger charge is -2.23. The maximum Gasteiger partial charge on any atom is 0.490 e. The first-order valence-electron chi connectivity index (χ1n) is 6.83. The highest BCUT2D eigenvalue weighted by Crippen LogP contribution is 2.49. The molecule has 0 spiro atoms. The number of ether oxygens (including phenoxy) is 4. The summed E-state index contributed by atoms with van der Waals surface area (Å²) in [6.45, 7) is 2.24. The summed E-state index contributed by atoms with van der Waals surface area (Å²) in [5, 5.41) is 0. The highest BCUT2D eigenvalue weighted by atomic mass is 19.4. The van der Waals surface area contributed by atoms with Crippen LogP contribution in [0.5, 0.6) is 0 Å². The number of hydrogen-bond donors (Lipinski definition) is 0. The van der Waals surface area contributed by atoms with Gasteiger partial charge in [0.15, 0.2) is 6.10 Å². The van der Waals surface area contributed by atoms with E-state index in [9.17, 15) is 27.6 Å². The van der Waals surface area contributed by atoms with Crippen molar-refractivity contribution < 1.29 is 46.5 Å². The summed E-state index contributed by atoms with van der Waals surface area (Å²) in [6.07, 6.45) is -7.96. The lowest BCUT2D eigenvalue weighted by Crippen LogP contribution is -2.38. The number of carbonyl (C=O) groups is 3. The van der Waals surface area contributed by atoms with E-state index in [4.69, 9.17) is 14.2 Å². The monoisotopic (exact) mass is 340 g/mol. The summed E-state index contributed by atoms with van der Waals surface area (Å²) in [4.78, 5) is 33.1. The zero-order valence-electron chi connectivity index (χ0n) is 12.3. The van der Waals surface area contributed by atoms with Crippen LogP contribution in [-0.2, 0) is 33.3 Å². The fraction of sp³-hybridized carbons (Fsp3) is 0.769. The minimum atomic E-state index is -5.11. The summed E-state index contributed by atoms with van der Waals surface area (Å²) >= 11 is 0. The van der Waals surface area contributed by atoms with Gasteiger partial charge in [-0.15, -0.1) is 0 Å². The van der Waals surface area contributed by atoms with Crippen molar-refractivity contribution in [1.29, 1.82) is 0 Å². The number of alkyl halides is 3. The Morgan fingerprint density at radius 3 is 2.09 bits per heavy atom. The maximum absolute atomic E-state index is 12.3. The van der Waals surface area contributed by atoms with Crippen LogP contribution in [0.3, 0.4) is 0 Å². The molecule has 0 aromatic rings. The van der Waals surface area contributed by atoms with Gasteiger partial charge in [-0.05, 0) is 12.8 Å². The van der Waals surface area contributed by atoms with Gasteiger partial charge in [0.05, 0.1) is 0 Å². The average molecular weight is 340 g/mol. The van der Waals surface area contributed by atoms with Gasteiger partial charge in [0.1, 0.15) is 11.7 Å². The normalized spacial score (nSPS) is 28.8. The van der Waals surface area contributed by atoms with E-state index in [1.807, 2.05) is 0 Å². The van der Waals surface area contributed by atoms with Gasteiger partial charge in [-0.25, -0.2) is 4.79 Å². The standard InChI is InChI=1S/C13H15F3O7/c1-6(17)20-8-5-9(22-10(8)21-7(2)18)12(3-4-12)23-11(19)13(14,15)16/h8-10H,3-5H2,1-2H3. The Hall–Kier alpha value is -1.84. The molecule has 2 fully saturated rings. The first-order valence-corrected chi connectivity index (χ1v) is 6.83. The summed E-state index contributed by atoms with van der Waals surface area (Å²) in [6, 6.07) is 0. The van der Waals surface area contributed by atoms with E-state index in [1.54, 1.807) is 0 Å². The minimum Gasteiger partial charge on any atom is -0.456 e. The molecule has 0 aromatic heterocycles. The minimum absolute atomic E-state index is 0.0390. The molecule has 1 saturated heterocycles. The Labute approximate surface area is 129 Å². The molecule has 7 nitrogen and oxygen atoms in total. The molecule has 130 valence electrons. The van der Waals surface area contributed by atoms with Crippen LogP contribution in [0, 0.1) is 0 Å². The molecule has 23 heavy (non-hydrogen) atoms. The van der Waals surface area contributed by atoms with E-state index in [-0.39, 0.29) is 19.3 Å². The van der Waals surface area contributed by atoms with Crippen molar-refractivity contribution in [3.8, 4) is 0 Å². The average Bonchev–Trinajstić information content (AvgIpc) is 3.05. The largest absolute Gasteiger partial charge is 0.490 e. The fourth-order valence-electron chi connectivity index (χ4n) is 2.41. The van der Waals surface area contributed by atoms with Crippen LogP contribution >= 0.6 is 0 Å². The fourth-order valence-corrected chi connectivity index (χ4v) is 2.41.